The molecule has 0 fully saturated rings. The van der Waals surface area contributed by atoms with Crippen LogP contribution in [-0.4, -0.2) is 5.11 Å². The molecule has 0 aromatic heterocycles. The van der Waals surface area contributed by atoms with Crippen molar-refractivity contribution in [3.05, 3.63) is 28.8 Å². The first kappa shape index (κ1) is 30.1. The van der Waals surface area contributed by atoms with Crippen molar-refractivity contribution in [2.45, 2.75) is 157 Å². The topological polar surface area (TPSA) is 20.2 Å². The van der Waals surface area contributed by atoms with E-state index in [0.29, 0.717) is 17.6 Å². The number of hydrogen-bond donors (Lipinski definition) is 1. The van der Waals surface area contributed by atoms with E-state index in [1.807, 2.05) is 0 Å². The lowest BCUT2D eigenvalue weighted by Crippen LogP contribution is -2.04. The second kappa shape index (κ2) is 19.3. The van der Waals surface area contributed by atoms with E-state index in [4.69, 9.17) is 0 Å². The maximum atomic E-state index is 10.9. The largest absolute Gasteiger partial charge is 0.507 e. The molecule has 1 rings (SSSR count). The van der Waals surface area contributed by atoms with E-state index in [-0.39, 0.29) is 0 Å². The third-order valence-corrected chi connectivity index (χ3v) is 7.00. The van der Waals surface area contributed by atoms with Gasteiger partial charge >= 0.3 is 0 Å². The first-order valence-electron chi connectivity index (χ1n) is 14.8. The molecule has 0 heterocycles. The van der Waals surface area contributed by atoms with Crippen LogP contribution in [0.3, 0.4) is 0 Å². The van der Waals surface area contributed by atoms with E-state index in [1.165, 1.54) is 114 Å². The zero-order valence-corrected chi connectivity index (χ0v) is 23.2. The second-order valence-corrected chi connectivity index (χ2v) is 11.5. The smallest absolute Gasteiger partial charge is 0.122 e. The number of phenols is 1. The predicted molar refractivity (Wildman–Crippen MR) is 148 cm³/mol. The maximum Gasteiger partial charge on any atom is 0.122 e. The summed E-state index contributed by atoms with van der Waals surface area (Å²) in [6.45, 7) is 11.3. The van der Waals surface area contributed by atoms with E-state index in [9.17, 15) is 5.11 Å². The van der Waals surface area contributed by atoms with Crippen LogP contribution >= 0.6 is 0 Å². The minimum atomic E-state index is 0.578. The van der Waals surface area contributed by atoms with Gasteiger partial charge in [-0.05, 0) is 54.2 Å². The summed E-state index contributed by atoms with van der Waals surface area (Å²) in [4.78, 5) is 0. The Hall–Kier alpha value is -0.980. The van der Waals surface area contributed by atoms with Crippen molar-refractivity contribution in [2.75, 3.05) is 0 Å². The first-order valence-corrected chi connectivity index (χ1v) is 14.8. The Morgan fingerprint density at radius 1 is 0.545 bits per heavy atom. The van der Waals surface area contributed by atoms with Gasteiger partial charge in [0.2, 0.25) is 0 Å². The number of aromatic hydroxyl groups is 1. The van der Waals surface area contributed by atoms with E-state index >= 15 is 0 Å². The highest BCUT2D eigenvalue weighted by Crippen LogP contribution is 2.31. The van der Waals surface area contributed by atoms with Crippen molar-refractivity contribution in [1.29, 1.82) is 0 Å². The summed E-state index contributed by atoms with van der Waals surface area (Å²) in [5.74, 6) is 1.75. The minimum absolute atomic E-state index is 0.578. The second-order valence-electron chi connectivity index (χ2n) is 11.5. The van der Waals surface area contributed by atoms with Gasteiger partial charge in [-0.1, -0.05) is 143 Å². The summed E-state index contributed by atoms with van der Waals surface area (Å²) in [6.07, 6.45) is 25.7. The lowest BCUT2D eigenvalue weighted by Gasteiger charge is -2.17. The molecule has 1 aromatic rings. The van der Waals surface area contributed by atoms with Gasteiger partial charge in [-0.2, -0.15) is 0 Å². The molecule has 0 spiro atoms. The lowest BCUT2D eigenvalue weighted by molar-refractivity contribution is 0.448. The van der Waals surface area contributed by atoms with Crippen LogP contribution in [0.25, 0.3) is 0 Å². The zero-order chi connectivity index (χ0) is 24.3. The molecule has 0 amide bonds. The molecule has 0 saturated heterocycles. The Labute approximate surface area is 208 Å². The third-order valence-electron chi connectivity index (χ3n) is 7.00. The molecule has 0 unspecified atom stereocenters. The van der Waals surface area contributed by atoms with Crippen LogP contribution in [0.15, 0.2) is 12.1 Å². The lowest BCUT2D eigenvalue weighted by atomic mass is 9.89. The van der Waals surface area contributed by atoms with Gasteiger partial charge in [0.25, 0.3) is 0 Å². The molecule has 0 aliphatic rings. The normalized spacial score (nSPS) is 11.7. The van der Waals surface area contributed by atoms with Crippen molar-refractivity contribution in [3.63, 3.8) is 0 Å². The standard InChI is InChI=1S/C32H58O/c1-6-7-8-9-10-11-12-13-14-15-16-17-18-19-20-21-22-29-23-24-30(25-27(2)3)32(33)31(29)26-28(4)5/h23-24,27-28,33H,6-22,25-26H2,1-5H3. The molecule has 1 aromatic carbocycles. The number of phenolic OH excluding ortho intramolecular Hbond substituents is 1. The van der Waals surface area contributed by atoms with Crippen LogP contribution in [0.4, 0.5) is 0 Å². The number of hydrogen-bond acceptors (Lipinski definition) is 1. The SMILES string of the molecule is CCCCCCCCCCCCCCCCCCc1ccc(CC(C)C)c(O)c1CC(C)C. The van der Waals surface area contributed by atoms with Crippen LogP contribution in [0.1, 0.15) is 154 Å². The Morgan fingerprint density at radius 3 is 1.36 bits per heavy atom. The molecule has 0 atom stereocenters. The summed E-state index contributed by atoms with van der Waals surface area (Å²) in [5.41, 5.74) is 3.75. The molecule has 0 aliphatic heterocycles. The summed E-state index contributed by atoms with van der Waals surface area (Å²) in [7, 11) is 0. The molecular formula is C32H58O. The monoisotopic (exact) mass is 458 g/mol. The average Bonchev–Trinajstić information content (AvgIpc) is 2.76. The van der Waals surface area contributed by atoms with Gasteiger partial charge in [-0.15, -0.1) is 0 Å². The molecule has 1 heteroatoms. The molecule has 1 N–H and O–H groups in total. The highest BCUT2D eigenvalue weighted by molar-refractivity contribution is 5.46. The van der Waals surface area contributed by atoms with Crippen molar-refractivity contribution >= 4 is 0 Å². The molecule has 0 bridgehead atoms. The van der Waals surface area contributed by atoms with E-state index in [0.717, 1.165) is 24.8 Å². The molecule has 0 radical (unpaired) electrons. The fourth-order valence-corrected chi connectivity index (χ4v) is 5.06. The van der Waals surface area contributed by atoms with E-state index in [1.54, 1.807) is 0 Å². The quantitative estimate of drug-likeness (QED) is 0.182. The highest BCUT2D eigenvalue weighted by atomic mass is 16.3. The molecule has 192 valence electrons. The van der Waals surface area contributed by atoms with E-state index < -0.39 is 0 Å². The summed E-state index contributed by atoms with van der Waals surface area (Å²) in [5, 5.41) is 10.9. The minimum Gasteiger partial charge on any atom is -0.507 e. The molecular weight excluding hydrogens is 400 g/mol. The third kappa shape index (κ3) is 14.8. The molecule has 1 nitrogen and oxygen atoms in total. The van der Waals surface area contributed by atoms with Crippen LogP contribution < -0.4 is 0 Å². The van der Waals surface area contributed by atoms with Crippen LogP contribution in [-0.2, 0) is 19.3 Å². The van der Waals surface area contributed by atoms with Gasteiger partial charge < -0.3 is 5.11 Å². The zero-order valence-electron chi connectivity index (χ0n) is 23.2. The summed E-state index contributed by atoms with van der Waals surface area (Å²) < 4.78 is 0. The molecule has 33 heavy (non-hydrogen) atoms. The van der Waals surface area contributed by atoms with Crippen molar-refractivity contribution in [2.24, 2.45) is 11.8 Å². The van der Waals surface area contributed by atoms with Crippen molar-refractivity contribution in [1.82, 2.24) is 0 Å². The predicted octanol–water partition coefficient (Wildman–Crippen LogP) is 10.6. The van der Waals surface area contributed by atoms with Gasteiger partial charge in [0.05, 0.1) is 0 Å². The Kier molecular flexibility index (Phi) is 17.6. The fraction of sp³-hybridized carbons (Fsp3) is 0.812. The number of benzene rings is 1. The number of aryl methyl sites for hydroxylation is 1. The van der Waals surface area contributed by atoms with Crippen molar-refractivity contribution < 1.29 is 5.11 Å². The molecule has 0 saturated carbocycles. The van der Waals surface area contributed by atoms with Gasteiger partial charge in [-0.25, -0.2) is 0 Å². The Bertz CT molecular complexity index is 586. The first-order chi connectivity index (χ1) is 16.0. The molecule has 0 aliphatic carbocycles. The van der Waals surface area contributed by atoms with Gasteiger partial charge in [0.15, 0.2) is 0 Å². The van der Waals surface area contributed by atoms with Crippen LogP contribution in [0, 0.1) is 11.8 Å². The van der Waals surface area contributed by atoms with Crippen LogP contribution in [0.5, 0.6) is 5.75 Å². The van der Waals surface area contributed by atoms with Gasteiger partial charge in [0, 0.05) is 0 Å². The van der Waals surface area contributed by atoms with Gasteiger partial charge in [0.1, 0.15) is 5.75 Å². The summed E-state index contributed by atoms with van der Waals surface area (Å²) in [6, 6.07) is 4.49. The Balaban J connectivity index is 2.14. The average molecular weight is 459 g/mol. The Morgan fingerprint density at radius 2 is 0.939 bits per heavy atom. The van der Waals surface area contributed by atoms with Crippen molar-refractivity contribution in [3.8, 4) is 5.75 Å². The highest BCUT2D eigenvalue weighted by Gasteiger charge is 2.14. The van der Waals surface area contributed by atoms with Crippen LogP contribution in [0.2, 0.25) is 0 Å². The van der Waals surface area contributed by atoms with E-state index in [2.05, 4.69) is 46.8 Å². The summed E-state index contributed by atoms with van der Waals surface area (Å²) >= 11 is 0. The number of rotatable bonds is 21. The fourth-order valence-electron chi connectivity index (χ4n) is 5.06. The maximum absolute atomic E-state index is 10.9. The number of unbranched alkanes of at least 4 members (excludes halogenated alkanes) is 15. The van der Waals surface area contributed by atoms with Gasteiger partial charge in [-0.3, -0.25) is 0 Å².